The number of aromatic nitrogens is 6. The number of thioether (sulfide) groups is 1. The third-order valence-electron chi connectivity index (χ3n) is 3.62. The van der Waals surface area contributed by atoms with Gasteiger partial charge in [-0.25, -0.2) is 14.5 Å². The molecule has 7 nitrogen and oxygen atoms in total. The van der Waals surface area contributed by atoms with Crippen LogP contribution in [0.4, 0.5) is 0 Å². The highest BCUT2D eigenvalue weighted by atomic mass is 79.9. The molecule has 0 aliphatic carbocycles. The van der Waals surface area contributed by atoms with Crippen molar-refractivity contribution in [3.8, 4) is 11.4 Å². The van der Waals surface area contributed by atoms with Crippen molar-refractivity contribution in [3.05, 3.63) is 63.6 Å². The lowest BCUT2D eigenvalue weighted by atomic mass is 10.2. The standard InChI is InChI=1S/C16H13BrN6OS/c17-12-6-2-1-5-11(12)14-18-15(20-19-14)25-10-9-23-16(24)22-8-4-3-7-13(22)21-23/h1-8H,9-10H2,(H,18,19,20). The van der Waals surface area contributed by atoms with Gasteiger partial charge >= 0.3 is 5.69 Å². The van der Waals surface area contributed by atoms with Crippen LogP contribution < -0.4 is 5.69 Å². The van der Waals surface area contributed by atoms with E-state index >= 15 is 0 Å². The Kier molecular flexibility index (Phi) is 4.41. The van der Waals surface area contributed by atoms with Crippen LogP contribution in [0.25, 0.3) is 17.0 Å². The average Bonchev–Trinajstić information content (AvgIpc) is 3.21. The highest BCUT2D eigenvalue weighted by Gasteiger charge is 2.10. The quantitative estimate of drug-likeness (QED) is 0.505. The molecule has 0 radical (unpaired) electrons. The Balaban J connectivity index is 1.45. The van der Waals surface area contributed by atoms with Gasteiger partial charge in [0.2, 0.25) is 5.16 Å². The zero-order chi connectivity index (χ0) is 17.2. The van der Waals surface area contributed by atoms with Gasteiger partial charge in [-0.2, -0.15) is 0 Å². The Labute approximate surface area is 155 Å². The second kappa shape index (κ2) is 6.85. The Morgan fingerprint density at radius 1 is 1.16 bits per heavy atom. The van der Waals surface area contributed by atoms with Gasteiger partial charge in [0.25, 0.3) is 0 Å². The smallest absolute Gasteiger partial charge is 0.258 e. The summed E-state index contributed by atoms with van der Waals surface area (Å²) in [5.41, 5.74) is 1.46. The van der Waals surface area contributed by atoms with E-state index in [0.29, 0.717) is 28.9 Å². The molecule has 3 heterocycles. The van der Waals surface area contributed by atoms with Crippen LogP contribution in [0.1, 0.15) is 0 Å². The average molecular weight is 417 g/mol. The van der Waals surface area contributed by atoms with E-state index in [0.717, 1.165) is 10.0 Å². The van der Waals surface area contributed by atoms with Gasteiger partial charge in [-0.3, -0.25) is 9.50 Å². The van der Waals surface area contributed by atoms with E-state index < -0.39 is 0 Å². The van der Waals surface area contributed by atoms with E-state index in [4.69, 9.17) is 0 Å². The molecule has 0 amide bonds. The van der Waals surface area contributed by atoms with E-state index in [2.05, 4.69) is 36.2 Å². The van der Waals surface area contributed by atoms with Gasteiger partial charge in [0.15, 0.2) is 11.5 Å². The predicted molar refractivity (Wildman–Crippen MR) is 99.7 cm³/mol. The molecule has 1 N–H and O–H groups in total. The zero-order valence-corrected chi connectivity index (χ0v) is 15.4. The van der Waals surface area contributed by atoms with Crippen molar-refractivity contribution in [2.75, 3.05) is 5.75 Å². The molecule has 0 spiro atoms. The van der Waals surface area contributed by atoms with Crippen LogP contribution in [0.5, 0.6) is 0 Å². The number of rotatable bonds is 5. The Hall–Kier alpha value is -2.39. The molecule has 0 aliphatic heterocycles. The predicted octanol–water partition coefficient (Wildman–Crippen LogP) is 2.84. The summed E-state index contributed by atoms with van der Waals surface area (Å²) in [6, 6.07) is 13.3. The number of halogens is 1. The lowest BCUT2D eigenvalue weighted by Crippen LogP contribution is -2.21. The number of pyridine rings is 1. The molecule has 3 aromatic heterocycles. The van der Waals surface area contributed by atoms with E-state index in [9.17, 15) is 4.79 Å². The van der Waals surface area contributed by atoms with Gasteiger partial charge in [0.05, 0.1) is 6.54 Å². The summed E-state index contributed by atoms with van der Waals surface area (Å²) in [6.45, 7) is 0.490. The van der Waals surface area contributed by atoms with Crippen molar-refractivity contribution in [3.63, 3.8) is 0 Å². The Morgan fingerprint density at radius 3 is 2.84 bits per heavy atom. The molecule has 0 saturated carbocycles. The van der Waals surface area contributed by atoms with Gasteiger partial charge in [0, 0.05) is 22.0 Å². The van der Waals surface area contributed by atoms with Gasteiger partial charge in [-0.1, -0.05) is 52.0 Å². The lowest BCUT2D eigenvalue weighted by Gasteiger charge is -1.98. The fraction of sp³-hybridized carbons (Fsp3) is 0.125. The second-order valence-corrected chi connectivity index (χ2v) is 7.15. The number of fused-ring (bicyclic) bond motifs is 1. The molecule has 1 aromatic carbocycles. The molecule has 0 fully saturated rings. The molecule has 9 heteroatoms. The Morgan fingerprint density at radius 2 is 2.00 bits per heavy atom. The van der Waals surface area contributed by atoms with E-state index in [1.807, 2.05) is 42.5 Å². The van der Waals surface area contributed by atoms with Gasteiger partial charge in [-0.05, 0) is 18.2 Å². The minimum atomic E-state index is -0.139. The molecular formula is C16H13BrN6OS. The summed E-state index contributed by atoms with van der Waals surface area (Å²) in [6.07, 6.45) is 1.72. The molecule has 0 aliphatic rings. The fourth-order valence-electron chi connectivity index (χ4n) is 2.42. The van der Waals surface area contributed by atoms with Crippen LogP contribution in [-0.2, 0) is 6.54 Å². The first kappa shape index (κ1) is 16.1. The largest absolute Gasteiger partial charge is 0.350 e. The van der Waals surface area contributed by atoms with E-state index in [1.165, 1.54) is 20.8 Å². The number of aromatic amines is 1. The maximum Gasteiger partial charge on any atom is 0.350 e. The molecule has 0 saturated heterocycles. The first-order chi connectivity index (χ1) is 12.2. The van der Waals surface area contributed by atoms with Crippen molar-refractivity contribution in [1.29, 1.82) is 0 Å². The summed E-state index contributed by atoms with van der Waals surface area (Å²) in [5.74, 6) is 1.36. The highest BCUT2D eigenvalue weighted by molar-refractivity contribution is 9.10. The molecule has 4 aromatic rings. The number of nitrogens with zero attached hydrogens (tertiary/aromatic N) is 5. The molecule has 0 unspecified atom stereocenters. The van der Waals surface area contributed by atoms with Crippen LogP contribution in [0, 0.1) is 0 Å². The third-order valence-corrected chi connectivity index (χ3v) is 5.14. The van der Waals surface area contributed by atoms with Crippen molar-refractivity contribution in [2.45, 2.75) is 11.7 Å². The summed E-state index contributed by atoms with van der Waals surface area (Å²) in [5, 5.41) is 12.1. The molecular weight excluding hydrogens is 404 g/mol. The van der Waals surface area contributed by atoms with Gasteiger partial charge < -0.3 is 0 Å². The van der Waals surface area contributed by atoms with Crippen LogP contribution >= 0.6 is 27.7 Å². The van der Waals surface area contributed by atoms with Gasteiger partial charge in [0.1, 0.15) is 0 Å². The number of hydrogen-bond donors (Lipinski definition) is 1. The summed E-state index contributed by atoms with van der Waals surface area (Å²) in [4.78, 5) is 16.7. The SMILES string of the molecule is O=c1n(CCSc2n[nH]c(-c3ccccc3Br)n2)nc2ccccn12. The number of benzene rings is 1. The molecule has 4 rings (SSSR count). The normalized spacial score (nSPS) is 11.2. The Bertz CT molecular complexity index is 1090. The van der Waals surface area contributed by atoms with Crippen molar-refractivity contribution < 1.29 is 0 Å². The lowest BCUT2D eigenvalue weighted by molar-refractivity contribution is 0.639. The number of nitrogens with one attached hydrogen (secondary N) is 1. The first-order valence-corrected chi connectivity index (χ1v) is 9.34. The van der Waals surface area contributed by atoms with Crippen molar-refractivity contribution in [2.24, 2.45) is 0 Å². The maximum absolute atomic E-state index is 12.2. The topological polar surface area (TPSA) is 80.9 Å². The monoisotopic (exact) mass is 416 g/mol. The molecule has 0 atom stereocenters. The molecule has 0 bridgehead atoms. The minimum Gasteiger partial charge on any atom is -0.258 e. The first-order valence-electron chi connectivity index (χ1n) is 7.57. The highest BCUT2D eigenvalue weighted by Crippen LogP contribution is 2.26. The molecule has 126 valence electrons. The maximum atomic E-state index is 12.2. The third kappa shape index (κ3) is 3.24. The van der Waals surface area contributed by atoms with Gasteiger partial charge in [-0.15, -0.1) is 10.2 Å². The summed E-state index contributed by atoms with van der Waals surface area (Å²) in [7, 11) is 0. The van der Waals surface area contributed by atoms with Crippen molar-refractivity contribution in [1.82, 2.24) is 29.4 Å². The van der Waals surface area contributed by atoms with Crippen LogP contribution in [0.15, 0.2) is 63.1 Å². The summed E-state index contributed by atoms with van der Waals surface area (Å²) < 4.78 is 3.95. The van der Waals surface area contributed by atoms with Crippen LogP contribution in [-0.4, -0.2) is 35.1 Å². The minimum absolute atomic E-state index is 0.139. The summed E-state index contributed by atoms with van der Waals surface area (Å²) >= 11 is 4.98. The van der Waals surface area contributed by atoms with Crippen LogP contribution in [0.2, 0.25) is 0 Å². The number of hydrogen-bond acceptors (Lipinski definition) is 5. The second-order valence-electron chi connectivity index (χ2n) is 5.23. The number of aryl methyl sites for hydroxylation is 1. The van der Waals surface area contributed by atoms with E-state index in [1.54, 1.807) is 6.20 Å². The zero-order valence-electron chi connectivity index (χ0n) is 13.0. The van der Waals surface area contributed by atoms with Crippen molar-refractivity contribution >= 4 is 33.3 Å². The number of H-pyrrole nitrogens is 1. The van der Waals surface area contributed by atoms with Crippen LogP contribution in [0.3, 0.4) is 0 Å². The van der Waals surface area contributed by atoms with E-state index in [-0.39, 0.29) is 5.69 Å². The molecule has 25 heavy (non-hydrogen) atoms. The fourth-order valence-corrected chi connectivity index (χ4v) is 3.61.